The summed E-state index contributed by atoms with van der Waals surface area (Å²) in [7, 11) is 1.54. The van der Waals surface area contributed by atoms with Gasteiger partial charge in [-0.25, -0.2) is 5.43 Å². The van der Waals surface area contributed by atoms with Gasteiger partial charge in [0, 0.05) is 13.0 Å². The first-order valence-corrected chi connectivity index (χ1v) is 4.72. The van der Waals surface area contributed by atoms with Crippen LogP contribution in [0.2, 0.25) is 0 Å². The molecule has 0 aliphatic heterocycles. The van der Waals surface area contributed by atoms with Gasteiger partial charge in [0.25, 0.3) is 0 Å². The summed E-state index contributed by atoms with van der Waals surface area (Å²) in [6, 6.07) is 9.21. The fourth-order valence-corrected chi connectivity index (χ4v) is 1.26. The van der Waals surface area contributed by atoms with E-state index in [1.54, 1.807) is 14.0 Å². The number of hydrogen-bond donors (Lipinski definition) is 2. The van der Waals surface area contributed by atoms with E-state index in [9.17, 15) is 9.59 Å². The monoisotopic (exact) mass is 206 g/mol. The number of hydrazine groups is 1. The molecule has 0 aromatic heterocycles. The largest absolute Gasteiger partial charge is 0.302 e. The van der Waals surface area contributed by atoms with Gasteiger partial charge in [0.05, 0.1) is 0 Å². The molecule has 0 heterocycles. The SMILES string of the molecule is CNNC(=O)C(=O)C(C)c1ccccc1. The van der Waals surface area contributed by atoms with Gasteiger partial charge in [0.15, 0.2) is 0 Å². The van der Waals surface area contributed by atoms with Crippen molar-refractivity contribution < 1.29 is 9.59 Å². The molecular formula is C11H14N2O2. The number of nitrogens with one attached hydrogen (secondary N) is 2. The van der Waals surface area contributed by atoms with Crippen molar-refractivity contribution in [1.82, 2.24) is 10.9 Å². The van der Waals surface area contributed by atoms with Crippen molar-refractivity contribution in [1.29, 1.82) is 0 Å². The summed E-state index contributed by atoms with van der Waals surface area (Å²) in [5.74, 6) is -1.48. The van der Waals surface area contributed by atoms with Gasteiger partial charge in [-0.1, -0.05) is 37.3 Å². The van der Waals surface area contributed by atoms with Crippen LogP contribution in [0.25, 0.3) is 0 Å². The topological polar surface area (TPSA) is 58.2 Å². The number of Topliss-reactive ketones (excluding diaryl/α,β-unsaturated/α-hetero) is 1. The minimum atomic E-state index is -0.617. The van der Waals surface area contributed by atoms with E-state index in [-0.39, 0.29) is 0 Å². The summed E-state index contributed by atoms with van der Waals surface area (Å²) in [6.07, 6.45) is 0. The Bertz CT molecular complexity index is 349. The van der Waals surface area contributed by atoms with E-state index in [0.29, 0.717) is 0 Å². The number of hydrogen-bond acceptors (Lipinski definition) is 3. The molecule has 1 rings (SSSR count). The Morgan fingerprint density at radius 3 is 2.33 bits per heavy atom. The molecule has 4 heteroatoms. The Kier molecular flexibility index (Phi) is 4.00. The molecule has 0 aliphatic rings. The maximum Gasteiger partial charge on any atom is 0.302 e. The summed E-state index contributed by atoms with van der Waals surface area (Å²) in [5.41, 5.74) is 5.53. The molecule has 0 radical (unpaired) electrons. The van der Waals surface area contributed by atoms with E-state index >= 15 is 0 Å². The summed E-state index contributed by atoms with van der Waals surface area (Å²) < 4.78 is 0. The molecule has 0 saturated carbocycles. The van der Waals surface area contributed by atoms with Crippen molar-refractivity contribution >= 4 is 11.7 Å². The van der Waals surface area contributed by atoms with Gasteiger partial charge >= 0.3 is 5.91 Å². The van der Waals surface area contributed by atoms with Gasteiger partial charge in [0.2, 0.25) is 5.78 Å². The molecule has 1 aromatic carbocycles. The minimum Gasteiger partial charge on any atom is -0.288 e. The number of carbonyl (C=O) groups excluding carboxylic acids is 2. The van der Waals surface area contributed by atoms with Crippen molar-refractivity contribution in [3.63, 3.8) is 0 Å². The van der Waals surface area contributed by atoms with Crippen LogP contribution < -0.4 is 10.9 Å². The standard InChI is InChI=1S/C11H14N2O2/c1-8(9-6-4-3-5-7-9)10(14)11(15)13-12-2/h3-8,12H,1-2H3,(H,13,15). The molecule has 0 aliphatic carbocycles. The predicted octanol–water partition coefficient (Wildman–Crippen LogP) is 0.610. The van der Waals surface area contributed by atoms with Crippen LogP contribution in [-0.2, 0) is 9.59 Å². The molecule has 1 amide bonds. The average molecular weight is 206 g/mol. The highest BCUT2D eigenvalue weighted by Gasteiger charge is 2.21. The molecule has 0 bridgehead atoms. The van der Waals surface area contributed by atoms with Gasteiger partial charge in [-0.05, 0) is 5.56 Å². The Labute approximate surface area is 88.6 Å². The van der Waals surface area contributed by atoms with E-state index in [2.05, 4.69) is 10.9 Å². The Hall–Kier alpha value is -1.68. The van der Waals surface area contributed by atoms with E-state index < -0.39 is 17.6 Å². The van der Waals surface area contributed by atoms with E-state index in [4.69, 9.17) is 0 Å². The Balaban J connectivity index is 2.73. The summed E-state index contributed by atoms with van der Waals surface area (Å²) >= 11 is 0. The van der Waals surface area contributed by atoms with Crippen molar-refractivity contribution in [2.75, 3.05) is 7.05 Å². The van der Waals surface area contributed by atoms with Crippen LogP contribution in [0, 0.1) is 0 Å². The van der Waals surface area contributed by atoms with Gasteiger partial charge < -0.3 is 0 Å². The Morgan fingerprint density at radius 2 is 1.80 bits per heavy atom. The fraction of sp³-hybridized carbons (Fsp3) is 0.273. The minimum absolute atomic E-state index is 0.417. The normalized spacial score (nSPS) is 11.9. The maximum absolute atomic E-state index is 11.6. The van der Waals surface area contributed by atoms with Crippen molar-refractivity contribution in [3.05, 3.63) is 35.9 Å². The molecule has 1 atom stereocenters. The molecule has 0 saturated heterocycles. The van der Waals surface area contributed by atoms with Crippen molar-refractivity contribution in [2.45, 2.75) is 12.8 Å². The number of rotatable bonds is 4. The second-order valence-corrected chi connectivity index (χ2v) is 3.20. The summed E-state index contributed by atoms with van der Waals surface area (Å²) in [5, 5.41) is 0. The lowest BCUT2D eigenvalue weighted by Crippen LogP contribution is -2.40. The van der Waals surface area contributed by atoms with Gasteiger partial charge in [-0.15, -0.1) is 0 Å². The molecule has 1 aromatic rings. The molecular weight excluding hydrogens is 192 g/mol. The first kappa shape index (κ1) is 11.4. The lowest BCUT2D eigenvalue weighted by atomic mass is 9.96. The van der Waals surface area contributed by atoms with Crippen molar-refractivity contribution in [3.8, 4) is 0 Å². The van der Waals surface area contributed by atoms with Crippen LogP contribution in [0.4, 0.5) is 0 Å². The smallest absolute Gasteiger partial charge is 0.288 e. The predicted molar refractivity (Wildman–Crippen MR) is 57.1 cm³/mol. The first-order chi connectivity index (χ1) is 7.16. The van der Waals surface area contributed by atoms with Gasteiger partial charge in [-0.2, -0.15) is 0 Å². The van der Waals surface area contributed by atoms with Crippen LogP contribution >= 0.6 is 0 Å². The fourth-order valence-electron chi connectivity index (χ4n) is 1.26. The van der Waals surface area contributed by atoms with Crippen LogP contribution in [-0.4, -0.2) is 18.7 Å². The quantitative estimate of drug-likeness (QED) is 0.560. The van der Waals surface area contributed by atoms with Crippen LogP contribution in [0.15, 0.2) is 30.3 Å². The first-order valence-electron chi connectivity index (χ1n) is 4.72. The molecule has 2 N–H and O–H groups in total. The number of carbonyl (C=O) groups is 2. The van der Waals surface area contributed by atoms with Gasteiger partial charge in [-0.3, -0.25) is 15.0 Å². The van der Waals surface area contributed by atoms with E-state index in [0.717, 1.165) is 5.56 Å². The Morgan fingerprint density at radius 1 is 1.20 bits per heavy atom. The molecule has 4 nitrogen and oxygen atoms in total. The highest BCUT2D eigenvalue weighted by atomic mass is 16.2. The van der Waals surface area contributed by atoms with E-state index in [1.165, 1.54) is 0 Å². The average Bonchev–Trinajstić information content (AvgIpc) is 2.28. The number of amides is 1. The molecule has 0 spiro atoms. The maximum atomic E-state index is 11.6. The summed E-state index contributed by atoms with van der Waals surface area (Å²) in [4.78, 5) is 22.8. The second kappa shape index (κ2) is 5.26. The van der Waals surface area contributed by atoms with Crippen molar-refractivity contribution in [2.24, 2.45) is 0 Å². The van der Waals surface area contributed by atoms with Crippen LogP contribution in [0.1, 0.15) is 18.4 Å². The molecule has 1 unspecified atom stereocenters. The molecule has 0 fully saturated rings. The third kappa shape index (κ3) is 2.89. The zero-order chi connectivity index (χ0) is 11.3. The molecule has 80 valence electrons. The highest BCUT2D eigenvalue weighted by Crippen LogP contribution is 2.15. The van der Waals surface area contributed by atoms with Gasteiger partial charge in [0.1, 0.15) is 0 Å². The second-order valence-electron chi connectivity index (χ2n) is 3.20. The third-order valence-corrected chi connectivity index (χ3v) is 2.16. The van der Waals surface area contributed by atoms with Crippen LogP contribution in [0.3, 0.4) is 0 Å². The third-order valence-electron chi connectivity index (χ3n) is 2.16. The number of benzene rings is 1. The zero-order valence-electron chi connectivity index (χ0n) is 8.78. The van der Waals surface area contributed by atoms with Crippen LogP contribution in [0.5, 0.6) is 0 Å². The highest BCUT2D eigenvalue weighted by molar-refractivity contribution is 6.38. The zero-order valence-corrected chi connectivity index (χ0v) is 8.78. The molecule has 15 heavy (non-hydrogen) atoms. The number of ketones is 1. The lowest BCUT2D eigenvalue weighted by molar-refractivity contribution is -0.139. The summed E-state index contributed by atoms with van der Waals surface area (Å²) in [6.45, 7) is 1.72. The lowest BCUT2D eigenvalue weighted by Gasteiger charge is -2.09. The van der Waals surface area contributed by atoms with E-state index in [1.807, 2.05) is 30.3 Å².